The molecule has 0 aromatic carbocycles. The van der Waals surface area contributed by atoms with Gasteiger partial charge in [-0.2, -0.15) is 0 Å². The summed E-state index contributed by atoms with van der Waals surface area (Å²) in [5.41, 5.74) is 0. The van der Waals surface area contributed by atoms with Crippen LogP contribution in [0.1, 0.15) is 53.4 Å². The van der Waals surface area contributed by atoms with Crippen LogP contribution in [-0.4, -0.2) is 47.8 Å². The number of rotatable bonds is 1. The van der Waals surface area contributed by atoms with Crippen LogP contribution in [0, 0.1) is 11.8 Å². The van der Waals surface area contributed by atoms with E-state index < -0.39 is 0 Å². The summed E-state index contributed by atoms with van der Waals surface area (Å²) in [5, 5.41) is 0. The molecule has 0 radical (unpaired) electrons. The van der Waals surface area contributed by atoms with Crippen molar-refractivity contribution in [2.45, 2.75) is 53.4 Å². The largest absolute Gasteiger partial charge is 0.343 e. The molecule has 1 unspecified atom stereocenters. The van der Waals surface area contributed by atoms with Crippen molar-refractivity contribution in [2.75, 3.05) is 26.2 Å². The van der Waals surface area contributed by atoms with E-state index in [0.717, 1.165) is 45.4 Å². The van der Waals surface area contributed by atoms with E-state index in [0.29, 0.717) is 11.8 Å². The lowest BCUT2D eigenvalue weighted by atomic mass is 9.93. The smallest absolute Gasteiger partial charge is 0.225 e. The first-order valence-electron chi connectivity index (χ1n) is 8.12. The minimum absolute atomic E-state index is 0.132. The summed E-state index contributed by atoms with van der Waals surface area (Å²) < 4.78 is 0. The Bertz CT molecular complexity index is 322. The maximum absolute atomic E-state index is 12.4. The summed E-state index contributed by atoms with van der Waals surface area (Å²) >= 11 is 0. The van der Waals surface area contributed by atoms with Crippen molar-refractivity contribution in [1.29, 1.82) is 0 Å². The Kier molecular flexibility index (Phi) is 7.03. The fraction of sp³-hybridized carbons (Fsp3) is 0.875. The van der Waals surface area contributed by atoms with Gasteiger partial charge in [0.05, 0.1) is 0 Å². The standard InChI is InChI=1S/C14H24N2O2.C2H6/c1-11-4-3-7-16(10-11)14(18)13-5-8-15(9-6-13)12(2)17;1-2/h11,13H,3-10H2,1-2H3;1-2H3. The molecule has 0 aromatic rings. The highest BCUT2D eigenvalue weighted by atomic mass is 16.2. The quantitative estimate of drug-likeness (QED) is 0.741. The summed E-state index contributed by atoms with van der Waals surface area (Å²) in [4.78, 5) is 27.5. The van der Waals surface area contributed by atoms with Crippen LogP contribution in [0.4, 0.5) is 0 Å². The lowest BCUT2D eigenvalue weighted by Gasteiger charge is -2.36. The molecule has 2 aliphatic heterocycles. The van der Waals surface area contributed by atoms with Gasteiger partial charge in [-0.25, -0.2) is 0 Å². The third-order valence-corrected chi connectivity index (χ3v) is 4.26. The van der Waals surface area contributed by atoms with Gasteiger partial charge < -0.3 is 9.80 Å². The third kappa shape index (κ3) is 4.50. The first-order chi connectivity index (χ1) is 9.58. The molecule has 4 nitrogen and oxygen atoms in total. The fourth-order valence-electron chi connectivity index (χ4n) is 3.09. The molecule has 1 atom stereocenters. The Morgan fingerprint density at radius 3 is 2.05 bits per heavy atom. The number of carbonyl (C=O) groups excluding carboxylic acids is 2. The van der Waals surface area contributed by atoms with Crippen LogP contribution in [0.25, 0.3) is 0 Å². The predicted octanol–water partition coefficient (Wildman–Crippen LogP) is 2.53. The van der Waals surface area contributed by atoms with Crippen molar-refractivity contribution < 1.29 is 9.59 Å². The maximum atomic E-state index is 12.4. The minimum Gasteiger partial charge on any atom is -0.343 e. The monoisotopic (exact) mass is 282 g/mol. The predicted molar refractivity (Wildman–Crippen MR) is 81.3 cm³/mol. The van der Waals surface area contributed by atoms with E-state index in [1.165, 1.54) is 6.42 Å². The molecule has 0 N–H and O–H groups in total. The number of amides is 2. The molecule has 116 valence electrons. The van der Waals surface area contributed by atoms with Crippen molar-refractivity contribution in [1.82, 2.24) is 9.80 Å². The van der Waals surface area contributed by atoms with Gasteiger partial charge >= 0.3 is 0 Å². The van der Waals surface area contributed by atoms with Crippen molar-refractivity contribution in [3.63, 3.8) is 0 Å². The Morgan fingerprint density at radius 2 is 1.55 bits per heavy atom. The van der Waals surface area contributed by atoms with Gasteiger partial charge in [-0.15, -0.1) is 0 Å². The van der Waals surface area contributed by atoms with Crippen molar-refractivity contribution >= 4 is 11.8 Å². The van der Waals surface area contributed by atoms with Gasteiger partial charge in [-0.05, 0) is 31.6 Å². The molecule has 0 spiro atoms. The zero-order valence-electron chi connectivity index (χ0n) is 13.5. The van der Waals surface area contributed by atoms with E-state index in [9.17, 15) is 9.59 Å². The molecule has 2 rings (SSSR count). The molecule has 0 aliphatic carbocycles. The second-order valence-corrected chi connectivity index (χ2v) is 5.81. The van der Waals surface area contributed by atoms with E-state index in [2.05, 4.69) is 6.92 Å². The first kappa shape index (κ1) is 17.0. The van der Waals surface area contributed by atoms with Crippen LogP contribution in [-0.2, 0) is 9.59 Å². The topological polar surface area (TPSA) is 40.6 Å². The molecule has 0 aromatic heterocycles. The SMILES string of the molecule is CC.CC(=O)N1CCC(C(=O)N2CCCC(C)C2)CC1. The summed E-state index contributed by atoms with van der Waals surface area (Å²) in [6.07, 6.45) is 4.05. The highest BCUT2D eigenvalue weighted by molar-refractivity contribution is 5.79. The second kappa shape index (κ2) is 8.28. The number of hydrogen-bond acceptors (Lipinski definition) is 2. The van der Waals surface area contributed by atoms with Crippen LogP contribution >= 0.6 is 0 Å². The normalized spacial score (nSPS) is 23.9. The van der Waals surface area contributed by atoms with Gasteiger partial charge in [0.1, 0.15) is 0 Å². The van der Waals surface area contributed by atoms with E-state index in [1.807, 2.05) is 23.6 Å². The number of likely N-dealkylation sites (tertiary alicyclic amines) is 2. The molecular formula is C16H30N2O2. The average molecular weight is 282 g/mol. The van der Waals surface area contributed by atoms with Crippen LogP contribution in [0.15, 0.2) is 0 Å². The average Bonchev–Trinajstić information content (AvgIpc) is 2.48. The van der Waals surface area contributed by atoms with Crippen LogP contribution in [0.5, 0.6) is 0 Å². The number of carbonyl (C=O) groups is 2. The van der Waals surface area contributed by atoms with E-state index in [-0.39, 0.29) is 11.8 Å². The molecule has 2 fully saturated rings. The van der Waals surface area contributed by atoms with Crippen molar-refractivity contribution in [3.05, 3.63) is 0 Å². The van der Waals surface area contributed by atoms with Gasteiger partial charge in [0.15, 0.2) is 0 Å². The zero-order valence-corrected chi connectivity index (χ0v) is 13.5. The lowest BCUT2D eigenvalue weighted by molar-refractivity contribution is -0.141. The summed E-state index contributed by atoms with van der Waals surface area (Å²) in [6, 6.07) is 0. The summed E-state index contributed by atoms with van der Waals surface area (Å²) in [6.45, 7) is 11.2. The van der Waals surface area contributed by atoms with Gasteiger partial charge in [0.25, 0.3) is 0 Å². The zero-order chi connectivity index (χ0) is 15.1. The molecule has 2 amide bonds. The molecule has 2 heterocycles. The van der Waals surface area contributed by atoms with Crippen molar-refractivity contribution in [3.8, 4) is 0 Å². The first-order valence-corrected chi connectivity index (χ1v) is 8.12. The Labute approximate surface area is 123 Å². The van der Waals surface area contributed by atoms with Crippen LogP contribution in [0.2, 0.25) is 0 Å². The van der Waals surface area contributed by atoms with Crippen LogP contribution < -0.4 is 0 Å². The number of piperidine rings is 2. The number of nitrogens with zero attached hydrogens (tertiary/aromatic N) is 2. The molecule has 0 bridgehead atoms. The van der Waals surface area contributed by atoms with Crippen LogP contribution in [0.3, 0.4) is 0 Å². The summed E-state index contributed by atoms with van der Waals surface area (Å²) in [5.74, 6) is 1.24. The molecule has 2 saturated heterocycles. The Hall–Kier alpha value is -1.06. The Morgan fingerprint density at radius 1 is 0.950 bits per heavy atom. The lowest BCUT2D eigenvalue weighted by Crippen LogP contribution is -2.46. The Balaban J connectivity index is 0.000000956. The fourth-order valence-corrected chi connectivity index (χ4v) is 3.09. The summed E-state index contributed by atoms with van der Waals surface area (Å²) in [7, 11) is 0. The van der Waals surface area contributed by atoms with Gasteiger partial charge in [-0.1, -0.05) is 20.8 Å². The minimum atomic E-state index is 0.132. The molecule has 4 heteroatoms. The highest BCUT2D eigenvalue weighted by Gasteiger charge is 2.30. The van der Waals surface area contributed by atoms with Gasteiger partial charge in [0, 0.05) is 39.0 Å². The van der Waals surface area contributed by atoms with Gasteiger partial charge in [0.2, 0.25) is 11.8 Å². The van der Waals surface area contributed by atoms with Crippen molar-refractivity contribution in [2.24, 2.45) is 11.8 Å². The molecular weight excluding hydrogens is 252 g/mol. The molecule has 0 saturated carbocycles. The molecule has 20 heavy (non-hydrogen) atoms. The maximum Gasteiger partial charge on any atom is 0.225 e. The number of hydrogen-bond donors (Lipinski definition) is 0. The second-order valence-electron chi connectivity index (χ2n) is 5.81. The third-order valence-electron chi connectivity index (χ3n) is 4.26. The van der Waals surface area contributed by atoms with E-state index >= 15 is 0 Å². The molecule has 2 aliphatic rings. The highest BCUT2D eigenvalue weighted by Crippen LogP contribution is 2.23. The van der Waals surface area contributed by atoms with E-state index in [1.54, 1.807) is 6.92 Å². The van der Waals surface area contributed by atoms with Gasteiger partial charge in [-0.3, -0.25) is 9.59 Å². The van der Waals surface area contributed by atoms with E-state index in [4.69, 9.17) is 0 Å².